The van der Waals surface area contributed by atoms with Gasteiger partial charge in [-0.1, -0.05) is 54.1 Å². The number of halogens is 4. The highest BCUT2D eigenvalue weighted by atomic mass is 35.5. The molecular formula is C55H61ClF3N7O7S3. The number of hydrogen-bond acceptors (Lipinski definition) is 12. The average Bonchev–Trinajstić information content (AvgIpc) is 3.68. The van der Waals surface area contributed by atoms with Crippen LogP contribution >= 0.6 is 23.4 Å². The smallest absolute Gasteiger partial charge is 0.393 e. The highest BCUT2D eigenvalue weighted by molar-refractivity contribution is 7.99. The monoisotopic (exact) mass is 1120 g/mol. The topological polar surface area (TPSA) is 168 Å². The normalized spacial score (nSPS) is 17.1. The summed E-state index contributed by atoms with van der Waals surface area (Å²) in [6, 6.07) is 33.8. The number of anilines is 4. The van der Waals surface area contributed by atoms with Crippen LogP contribution in [0.4, 0.5) is 35.9 Å². The lowest BCUT2D eigenvalue weighted by atomic mass is 9.92. The molecule has 4 N–H and O–H groups in total. The lowest BCUT2D eigenvalue weighted by Crippen LogP contribution is -2.61. The number of carbonyl (C=O) groups excluding carboxylic acids is 1. The van der Waals surface area contributed by atoms with Crippen molar-refractivity contribution in [1.29, 1.82) is 0 Å². The number of β-amino-alcohol motifs (C(OH)–C–C–N with tert-alkyl or cyclic N) is 1. The average molecular weight is 1120 g/mol. The number of likely N-dealkylation sites (tertiary alicyclic amines) is 2. The minimum atomic E-state index is -6.03. The van der Waals surface area contributed by atoms with Crippen molar-refractivity contribution in [2.75, 3.05) is 84.5 Å². The molecule has 0 bridgehead atoms. The van der Waals surface area contributed by atoms with E-state index in [0.29, 0.717) is 87.5 Å². The first-order valence-corrected chi connectivity index (χ1v) is 29.4. The van der Waals surface area contributed by atoms with Crippen molar-refractivity contribution in [3.8, 4) is 22.4 Å². The molecule has 3 saturated heterocycles. The van der Waals surface area contributed by atoms with E-state index >= 15 is 0 Å². The van der Waals surface area contributed by atoms with Crippen molar-refractivity contribution >= 4 is 71.9 Å². The number of piperazine rings is 1. The van der Waals surface area contributed by atoms with Crippen LogP contribution in [0.5, 0.6) is 0 Å². The predicted octanol–water partition coefficient (Wildman–Crippen LogP) is 9.37. The Morgan fingerprint density at radius 2 is 1.46 bits per heavy atom. The number of rotatable bonds is 17. The van der Waals surface area contributed by atoms with E-state index in [4.69, 9.17) is 11.6 Å². The minimum Gasteiger partial charge on any atom is -0.393 e. The number of alkyl halides is 3. The van der Waals surface area contributed by atoms with Gasteiger partial charge in [-0.2, -0.15) is 13.2 Å². The number of aliphatic hydroxyl groups is 2. The lowest BCUT2D eigenvalue weighted by molar-refractivity contribution is -0.0668. The molecule has 14 nitrogen and oxygen atoms in total. The van der Waals surface area contributed by atoms with Crippen LogP contribution in [0.3, 0.4) is 0 Å². The van der Waals surface area contributed by atoms with E-state index in [0.717, 1.165) is 56.5 Å². The van der Waals surface area contributed by atoms with Gasteiger partial charge in [-0.05, 0) is 123 Å². The summed E-state index contributed by atoms with van der Waals surface area (Å²) in [5.74, 6) is 0.216. The van der Waals surface area contributed by atoms with Crippen molar-refractivity contribution in [2.24, 2.45) is 7.05 Å². The fourth-order valence-electron chi connectivity index (χ4n) is 10.2. The molecule has 0 aliphatic carbocycles. The van der Waals surface area contributed by atoms with Crippen LogP contribution in [0.2, 0.25) is 5.02 Å². The van der Waals surface area contributed by atoms with E-state index in [1.54, 1.807) is 36.1 Å². The fourth-order valence-corrected chi connectivity index (χ4v) is 13.4. The Kier molecular flexibility index (Phi) is 16.2. The van der Waals surface area contributed by atoms with Crippen LogP contribution in [0, 0.1) is 6.92 Å². The van der Waals surface area contributed by atoms with Gasteiger partial charge < -0.3 is 39.7 Å². The molecule has 4 heterocycles. The highest BCUT2D eigenvalue weighted by Crippen LogP contribution is 2.42. The number of sulfonamides is 1. The molecule has 1 unspecified atom stereocenters. The maximum atomic E-state index is 14.3. The predicted molar refractivity (Wildman–Crippen MR) is 295 cm³/mol. The van der Waals surface area contributed by atoms with Crippen LogP contribution in [-0.2, 0) is 26.9 Å². The SMILES string of the molecule is Cc1c(C(=O)N2CC(C)(O)C2)c(-c2cccc(N3CCN(c4ccc(NS(=O)(=O)c5ccc(NC(CCN6CCC(O)CC6)CSc6ccccc6)c(S(=O)(=O)C(F)(F)F)c5)cc4)CC3)c2)c(-c2ccc(Cl)cc2)n1C. The number of aliphatic hydroxyl groups excluding tert-OH is 1. The molecule has 1 atom stereocenters. The largest absolute Gasteiger partial charge is 0.501 e. The van der Waals surface area contributed by atoms with E-state index in [1.807, 2.05) is 91.3 Å². The van der Waals surface area contributed by atoms with Crippen LogP contribution < -0.4 is 19.8 Å². The van der Waals surface area contributed by atoms with Crippen molar-refractivity contribution in [3.63, 3.8) is 0 Å². The Bertz CT molecular complexity index is 3270. The second kappa shape index (κ2) is 22.3. The third-order valence-corrected chi connectivity index (χ3v) is 18.7. The number of nitrogens with one attached hydrogen (secondary N) is 2. The Morgan fingerprint density at radius 3 is 2.09 bits per heavy atom. The van der Waals surface area contributed by atoms with E-state index < -0.39 is 46.8 Å². The molecule has 21 heteroatoms. The molecule has 5 aromatic carbocycles. The van der Waals surface area contributed by atoms with Crippen LogP contribution in [0.25, 0.3) is 22.4 Å². The van der Waals surface area contributed by atoms with Gasteiger partial charge in [0.05, 0.1) is 46.6 Å². The Hall–Kier alpha value is -5.74. The summed E-state index contributed by atoms with van der Waals surface area (Å²) < 4.78 is 101. The molecule has 0 saturated carbocycles. The molecule has 6 aromatic rings. The molecule has 76 heavy (non-hydrogen) atoms. The number of benzene rings is 5. The Labute approximate surface area is 451 Å². The molecule has 3 aliphatic heterocycles. The zero-order valence-electron chi connectivity index (χ0n) is 42.3. The first-order chi connectivity index (χ1) is 36.1. The number of amides is 1. The summed E-state index contributed by atoms with van der Waals surface area (Å²) in [4.78, 5) is 21.5. The Morgan fingerprint density at radius 1 is 0.816 bits per heavy atom. The third-order valence-electron chi connectivity index (χ3n) is 14.4. The summed E-state index contributed by atoms with van der Waals surface area (Å²) in [7, 11) is -8.69. The summed E-state index contributed by atoms with van der Waals surface area (Å²) in [5, 5.41) is 24.1. The molecule has 1 aromatic heterocycles. The molecule has 3 fully saturated rings. The van der Waals surface area contributed by atoms with Gasteiger partial charge in [0, 0.05) is 103 Å². The van der Waals surface area contributed by atoms with Gasteiger partial charge in [-0.15, -0.1) is 11.8 Å². The minimum absolute atomic E-state index is 0.122. The van der Waals surface area contributed by atoms with Gasteiger partial charge in [0.15, 0.2) is 0 Å². The van der Waals surface area contributed by atoms with Gasteiger partial charge in [-0.25, -0.2) is 16.8 Å². The van der Waals surface area contributed by atoms with Gasteiger partial charge in [0.1, 0.15) is 4.90 Å². The first-order valence-electron chi connectivity index (χ1n) is 25.1. The van der Waals surface area contributed by atoms with Gasteiger partial charge in [-0.3, -0.25) is 9.52 Å². The summed E-state index contributed by atoms with van der Waals surface area (Å²) >= 11 is 7.75. The maximum absolute atomic E-state index is 14.3. The lowest BCUT2D eigenvalue weighted by Gasteiger charge is -2.44. The second-order valence-electron chi connectivity index (χ2n) is 20.0. The van der Waals surface area contributed by atoms with Gasteiger partial charge in [0.2, 0.25) is 0 Å². The standard InChI is InChI=1S/C55H61ClF3N7O7S3/c1-37-50(53(68)66-35-54(2,69)36-66)51(52(62(37)3)38-12-14-40(56)15-13-38)39-8-7-9-44(32-39)65-30-28-64(29-31-65)43-18-16-41(17-19-43)61-76(72,73)47-20-21-48(49(33-47)75(70,71)55(57,58)59)60-42(34-74-46-10-5-4-6-11-46)22-25-63-26-23-45(67)24-27-63/h4-21,32-33,42,45,60-61,67,69H,22-31,34-36H2,1-3H3. The summed E-state index contributed by atoms with van der Waals surface area (Å²) in [6.45, 7) is 8.44. The van der Waals surface area contributed by atoms with Gasteiger partial charge >= 0.3 is 5.51 Å². The maximum Gasteiger partial charge on any atom is 0.501 e. The number of sulfone groups is 1. The van der Waals surface area contributed by atoms with E-state index in [9.17, 15) is 45.0 Å². The zero-order valence-corrected chi connectivity index (χ0v) is 45.5. The van der Waals surface area contributed by atoms with E-state index in [2.05, 4.69) is 30.8 Å². The van der Waals surface area contributed by atoms with Crippen LogP contribution in [0.1, 0.15) is 42.2 Å². The molecule has 3 aliphatic rings. The van der Waals surface area contributed by atoms with Crippen molar-refractivity contribution in [3.05, 3.63) is 138 Å². The highest BCUT2D eigenvalue weighted by Gasteiger charge is 2.49. The molecule has 404 valence electrons. The Balaban J connectivity index is 0.893. The molecule has 1 amide bonds. The van der Waals surface area contributed by atoms with Gasteiger partial charge in [0.25, 0.3) is 25.8 Å². The second-order valence-corrected chi connectivity index (χ2v) is 25.1. The molecule has 9 rings (SSSR count). The number of thioether (sulfide) groups is 1. The third kappa shape index (κ3) is 12.2. The first kappa shape index (κ1) is 55.0. The number of carbonyl (C=O) groups is 1. The van der Waals surface area contributed by atoms with Crippen molar-refractivity contribution < 1.29 is 45.0 Å². The summed E-state index contributed by atoms with van der Waals surface area (Å²) in [6.07, 6.45) is 1.23. The van der Waals surface area contributed by atoms with Crippen molar-refractivity contribution in [1.82, 2.24) is 14.4 Å². The van der Waals surface area contributed by atoms with E-state index in [1.165, 1.54) is 11.8 Å². The zero-order chi connectivity index (χ0) is 54.2. The number of nitrogens with zero attached hydrogens (tertiary/aromatic N) is 5. The quantitative estimate of drug-likeness (QED) is 0.0640. The number of aromatic nitrogens is 1. The van der Waals surface area contributed by atoms with Crippen LogP contribution in [-0.4, -0.2) is 135 Å². The fraction of sp³-hybridized carbons (Fsp3) is 0.364. The van der Waals surface area contributed by atoms with Crippen LogP contribution in [0.15, 0.2) is 136 Å². The molecule has 0 spiro atoms. The van der Waals surface area contributed by atoms with Crippen molar-refractivity contribution in [2.45, 2.75) is 71.1 Å². The van der Waals surface area contributed by atoms with E-state index in [-0.39, 0.29) is 36.5 Å². The molecular weight excluding hydrogens is 1060 g/mol. The molecule has 0 radical (unpaired) electrons. The number of piperidine rings is 1. The summed E-state index contributed by atoms with van der Waals surface area (Å²) in [5.41, 5.74) is -0.363. The number of hydrogen-bond donors (Lipinski definition) is 4.